The van der Waals surface area contributed by atoms with Gasteiger partial charge in [-0.25, -0.2) is 13.1 Å². The van der Waals surface area contributed by atoms with Crippen molar-refractivity contribution in [2.75, 3.05) is 33.2 Å². The van der Waals surface area contributed by atoms with Crippen LogP contribution in [0.4, 0.5) is 5.69 Å². The van der Waals surface area contributed by atoms with E-state index < -0.39 is 14.9 Å². The lowest BCUT2D eigenvalue weighted by Crippen LogP contribution is -2.47. The van der Waals surface area contributed by atoms with Crippen LogP contribution in [-0.2, 0) is 21.4 Å². The van der Waals surface area contributed by atoms with E-state index in [9.17, 15) is 23.3 Å². The fraction of sp³-hybridized carbons (Fsp3) is 0.286. The molecule has 1 aliphatic rings. The number of benzene rings is 2. The Morgan fingerprint density at radius 3 is 2.42 bits per heavy atom. The quantitative estimate of drug-likeness (QED) is 0.396. The molecular formula is C21H24N4O5S. The minimum absolute atomic E-state index is 0.0769. The van der Waals surface area contributed by atoms with Crippen LogP contribution in [0.25, 0.3) is 6.08 Å². The molecule has 1 amide bonds. The van der Waals surface area contributed by atoms with Crippen molar-refractivity contribution in [1.29, 1.82) is 0 Å². The highest BCUT2D eigenvalue weighted by atomic mass is 32.2. The van der Waals surface area contributed by atoms with Gasteiger partial charge in [0, 0.05) is 50.9 Å². The van der Waals surface area contributed by atoms with Crippen molar-refractivity contribution < 1.29 is 18.1 Å². The smallest absolute Gasteiger partial charge is 0.269 e. The summed E-state index contributed by atoms with van der Waals surface area (Å²) in [5, 5.41) is 10.9. The van der Waals surface area contributed by atoms with Crippen LogP contribution in [0.1, 0.15) is 11.1 Å². The van der Waals surface area contributed by atoms with Crippen molar-refractivity contribution in [2.24, 2.45) is 0 Å². The maximum absolute atomic E-state index is 12.5. The van der Waals surface area contributed by atoms with Crippen molar-refractivity contribution in [3.8, 4) is 0 Å². The lowest BCUT2D eigenvalue weighted by atomic mass is 10.1. The van der Waals surface area contributed by atoms with Gasteiger partial charge in [0.1, 0.15) is 0 Å². The maximum atomic E-state index is 12.5. The highest BCUT2D eigenvalue weighted by molar-refractivity contribution is 7.89. The van der Waals surface area contributed by atoms with Crippen molar-refractivity contribution in [2.45, 2.75) is 11.4 Å². The van der Waals surface area contributed by atoms with Crippen molar-refractivity contribution >= 4 is 27.7 Å². The van der Waals surface area contributed by atoms with E-state index in [2.05, 4.69) is 9.62 Å². The molecule has 0 spiro atoms. The summed E-state index contributed by atoms with van der Waals surface area (Å²) in [5.41, 5.74) is 1.68. The number of carbonyl (C=O) groups is 1. The minimum atomic E-state index is -3.49. The summed E-state index contributed by atoms with van der Waals surface area (Å²) in [5.74, 6) is -0.109. The van der Waals surface area contributed by atoms with Gasteiger partial charge in [0.15, 0.2) is 0 Å². The fourth-order valence-corrected chi connectivity index (χ4v) is 4.03. The molecule has 1 N–H and O–H groups in total. The summed E-state index contributed by atoms with van der Waals surface area (Å²) in [6.07, 6.45) is 3.14. The molecule has 0 aromatic heterocycles. The summed E-state index contributed by atoms with van der Waals surface area (Å²) in [6.45, 7) is 3.09. The van der Waals surface area contributed by atoms with Crippen molar-refractivity contribution in [1.82, 2.24) is 14.5 Å². The molecule has 0 aliphatic carbocycles. The lowest BCUT2D eigenvalue weighted by Gasteiger charge is -2.34. The Kier molecular flexibility index (Phi) is 7.16. The van der Waals surface area contributed by atoms with E-state index in [1.54, 1.807) is 35.2 Å². The van der Waals surface area contributed by atoms with Crippen LogP contribution in [-0.4, -0.2) is 62.3 Å². The summed E-state index contributed by atoms with van der Waals surface area (Å²) >= 11 is 0. The number of nitro benzene ring substituents is 1. The van der Waals surface area contributed by atoms with E-state index in [0.29, 0.717) is 32.7 Å². The molecule has 9 nitrogen and oxygen atoms in total. The Bertz CT molecular complexity index is 1080. The zero-order valence-electron chi connectivity index (χ0n) is 17.1. The van der Waals surface area contributed by atoms with Crippen LogP contribution in [0.3, 0.4) is 0 Å². The average Bonchev–Trinajstić information content (AvgIpc) is 2.78. The number of nitro groups is 1. The predicted molar refractivity (Wildman–Crippen MR) is 117 cm³/mol. The van der Waals surface area contributed by atoms with Crippen molar-refractivity contribution in [3.63, 3.8) is 0 Å². The van der Waals surface area contributed by atoms with Crippen LogP contribution < -0.4 is 4.72 Å². The summed E-state index contributed by atoms with van der Waals surface area (Å²) < 4.78 is 25.8. The summed E-state index contributed by atoms with van der Waals surface area (Å²) in [7, 11) is -2.13. The van der Waals surface area contributed by atoms with Crippen LogP contribution in [0.5, 0.6) is 0 Å². The number of rotatable bonds is 7. The number of nitrogens with one attached hydrogen (secondary N) is 1. The molecule has 0 atom stereocenters. The Hall–Kier alpha value is -3.08. The van der Waals surface area contributed by atoms with Gasteiger partial charge in [-0.05, 0) is 36.4 Å². The van der Waals surface area contributed by atoms with Crippen molar-refractivity contribution in [3.05, 3.63) is 75.8 Å². The Morgan fingerprint density at radius 1 is 1.13 bits per heavy atom. The maximum Gasteiger partial charge on any atom is 0.269 e. The summed E-state index contributed by atoms with van der Waals surface area (Å²) in [4.78, 5) is 27.1. The standard InChI is InChI=1S/C21H24N4O5S/c1-22-31(29,30)20-8-5-17(6-9-20)7-10-21(26)24-13-11-23(12-14-24)16-18-3-2-4-19(15-18)25(27)28/h2-10,15,22H,11-14,16H2,1H3/b10-7+. The van der Waals surface area contributed by atoms with Crippen LogP contribution in [0.15, 0.2) is 59.5 Å². The zero-order valence-corrected chi connectivity index (χ0v) is 17.9. The number of non-ortho nitro benzene ring substituents is 1. The minimum Gasteiger partial charge on any atom is -0.337 e. The first-order valence-electron chi connectivity index (χ1n) is 9.75. The number of amides is 1. The second-order valence-corrected chi connectivity index (χ2v) is 9.02. The number of hydrogen-bond donors (Lipinski definition) is 1. The molecule has 1 fully saturated rings. The van der Waals surface area contributed by atoms with Gasteiger partial charge in [-0.1, -0.05) is 24.3 Å². The molecule has 0 unspecified atom stereocenters. The summed E-state index contributed by atoms with van der Waals surface area (Å²) in [6, 6.07) is 12.9. The molecule has 2 aromatic carbocycles. The molecule has 31 heavy (non-hydrogen) atoms. The van der Waals surface area contributed by atoms with E-state index in [-0.39, 0.29) is 16.5 Å². The van der Waals surface area contributed by atoms with E-state index >= 15 is 0 Å². The number of sulfonamides is 1. The molecule has 1 aliphatic heterocycles. The monoisotopic (exact) mass is 444 g/mol. The fourth-order valence-electron chi connectivity index (χ4n) is 3.30. The Labute approximate surface area is 181 Å². The molecule has 3 rings (SSSR count). The van der Waals surface area contributed by atoms with Crippen LogP contribution in [0, 0.1) is 10.1 Å². The highest BCUT2D eigenvalue weighted by Gasteiger charge is 2.20. The second-order valence-electron chi connectivity index (χ2n) is 7.14. The molecule has 1 heterocycles. The number of carbonyl (C=O) groups excluding carboxylic acids is 1. The molecular weight excluding hydrogens is 420 g/mol. The molecule has 0 saturated carbocycles. The van der Waals surface area contributed by atoms with Gasteiger partial charge in [-0.3, -0.25) is 19.8 Å². The van der Waals surface area contributed by atoms with Crippen LogP contribution >= 0.6 is 0 Å². The second kappa shape index (κ2) is 9.82. The molecule has 1 saturated heterocycles. The van der Waals surface area contributed by atoms with Gasteiger partial charge in [0.2, 0.25) is 15.9 Å². The number of nitrogens with zero attached hydrogens (tertiary/aromatic N) is 3. The van der Waals surface area contributed by atoms with Gasteiger partial charge < -0.3 is 4.90 Å². The normalized spacial score (nSPS) is 15.3. The molecule has 0 bridgehead atoms. The van der Waals surface area contributed by atoms with E-state index in [4.69, 9.17) is 0 Å². The number of piperazine rings is 1. The first kappa shape index (κ1) is 22.6. The zero-order chi connectivity index (χ0) is 22.4. The topological polar surface area (TPSA) is 113 Å². The average molecular weight is 445 g/mol. The first-order valence-corrected chi connectivity index (χ1v) is 11.2. The third-order valence-corrected chi connectivity index (χ3v) is 6.52. The first-order chi connectivity index (χ1) is 14.8. The molecule has 10 heteroatoms. The lowest BCUT2D eigenvalue weighted by molar-refractivity contribution is -0.384. The van der Waals surface area contributed by atoms with Crippen LogP contribution in [0.2, 0.25) is 0 Å². The molecule has 164 valence electrons. The van der Waals surface area contributed by atoms with Gasteiger partial charge in [-0.15, -0.1) is 0 Å². The van der Waals surface area contributed by atoms with E-state index in [1.807, 2.05) is 6.07 Å². The largest absolute Gasteiger partial charge is 0.337 e. The Morgan fingerprint density at radius 2 is 1.81 bits per heavy atom. The SMILES string of the molecule is CNS(=O)(=O)c1ccc(/C=C/C(=O)N2CCN(Cc3cccc([N+](=O)[O-])c3)CC2)cc1. The predicted octanol–water partition coefficient (Wildman–Crippen LogP) is 1.86. The van der Waals surface area contributed by atoms with Gasteiger partial charge >= 0.3 is 0 Å². The van der Waals surface area contributed by atoms with E-state index in [0.717, 1.165) is 11.1 Å². The van der Waals surface area contributed by atoms with Gasteiger partial charge in [0.05, 0.1) is 9.82 Å². The molecule has 0 radical (unpaired) electrons. The third kappa shape index (κ3) is 5.97. The molecule has 2 aromatic rings. The van der Waals surface area contributed by atoms with Gasteiger partial charge in [-0.2, -0.15) is 0 Å². The number of hydrogen-bond acceptors (Lipinski definition) is 6. The van der Waals surface area contributed by atoms with E-state index in [1.165, 1.54) is 31.3 Å². The third-order valence-electron chi connectivity index (χ3n) is 5.09. The Balaban J connectivity index is 1.52. The highest BCUT2D eigenvalue weighted by Crippen LogP contribution is 2.16. The van der Waals surface area contributed by atoms with Gasteiger partial charge in [0.25, 0.3) is 5.69 Å².